The quantitative estimate of drug-likeness (QED) is 0.878. The summed E-state index contributed by atoms with van der Waals surface area (Å²) in [4.78, 5) is 30.5. The zero-order chi connectivity index (χ0) is 18.4. The maximum Gasteiger partial charge on any atom is 0.255 e. The standard InChI is InChI=1S/C20H22ClN3O2/c21-18-5-3-15(4-6-18)7-11-23-19(25)16-8-12-24(13-9-16)20(26)17-2-1-10-22-14-17/h1-6,10,14,16H,7-9,11-13H2,(H,23,25). The number of carbonyl (C=O) groups is 2. The first-order chi connectivity index (χ1) is 12.6. The smallest absolute Gasteiger partial charge is 0.255 e. The number of halogens is 1. The van der Waals surface area contributed by atoms with Crippen LogP contribution in [0.15, 0.2) is 48.8 Å². The molecule has 2 heterocycles. The van der Waals surface area contributed by atoms with Crippen LogP contribution in [0.4, 0.5) is 0 Å². The lowest BCUT2D eigenvalue weighted by atomic mass is 9.95. The Kier molecular flexibility index (Phi) is 6.23. The van der Waals surface area contributed by atoms with Crippen molar-refractivity contribution < 1.29 is 9.59 Å². The van der Waals surface area contributed by atoms with E-state index in [2.05, 4.69) is 10.3 Å². The Labute approximate surface area is 158 Å². The molecule has 0 spiro atoms. The third kappa shape index (κ3) is 4.82. The summed E-state index contributed by atoms with van der Waals surface area (Å²) < 4.78 is 0. The molecule has 0 atom stereocenters. The Morgan fingerprint density at radius 3 is 2.54 bits per heavy atom. The molecular formula is C20H22ClN3O2. The molecule has 0 unspecified atom stereocenters. The highest BCUT2D eigenvalue weighted by Gasteiger charge is 2.27. The number of hydrogen-bond donors (Lipinski definition) is 1. The van der Waals surface area contributed by atoms with E-state index >= 15 is 0 Å². The third-order valence-corrected chi connectivity index (χ3v) is 4.94. The second-order valence-electron chi connectivity index (χ2n) is 6.48. The molecule has 0 aliphatic carbocycles. The van der Waals surface area contributed by atoms with Crippen molar-refractivity contribution in [2.24, 2.45) is 5.92 Å². The number of rotatable bonds is 5. The van der Waals surface area contributed by atoms with E-state index in [0.717, 1.165) is 12.0 Å². The van der Waals surface area contributed by atoms with Crippen LogP contribution in [0.25, 0.3) is 0 Å². The summed E-state index contributed by atoms with van der Waals surface area (Å²) in [7, 11) is 0. The minimum Gasteiger partial charge on any atom is -0.356 e. The third-order valence-electron chi connectivity index (χ3n) is 4.69. The topological polar surface area (TPSA) is 62.3 Å². The van der Waals surface area contributed by atoms with E-state index in [0.29, 0.717) is 43.1 Å². The molecule has 0 saturated carbocycles. The highest BCUT2D eigenvalue weighted by molar-refractivity contribution is 6.30. The number of likely N-dealkylation sites (tertiary alicyclic amines) is 1. The minimum atomic E-state index is -0.0295. The number of nitrogens with one attached hydrogen (secondary N) is 1. The Morgan fingerprint density at radius 1 is 1.15 bits per heavy atom. The monoisotopic (exact) mass is 371 g/mol. The molecular weight excluding hydrogens is 350 g/mol. The van der Waals surface area contributed by atoms with Crippen LogP contribution in [0.5, 0.6) is 0 Å². The van der Waals surface area contributed by atoms with Crippen molar-refractivity contribution in [3.63, 3.8) is 0 Å². The summed E-state index contributed by atoms with van der Waals surface area (Å²) in [5.41, 5.74) is 1.74. The van der Waals surface area contributed by atoms with Crippen molar-refractivity contribution in [1.82, 2.24) is 15.2 Å². The molecule has 0 bridgehead atoms. The summed E-state index contributed by atoms with van der Waals surface area (Å²) >= 11 is 5.87. The molecule has 1 fully saturated rings. The molecule has 1 aromatic carbocycles. The van der Waals surface area contributed by atoms with E-state index < -0.39 is 0 Å². The lowest BCUT2D eigenvalue weighted by Gasteiger charge is -2.31. The number of piperidine rings is 1. The molecule has 5 nitrogen and oxygen atoms in total. The number of hydrogen-bond acceptors (Lipinski definition) is 3. The van der Waals surface area contributed by atoms with Crippen LogP contribution in [0, 0.1) is 5.92 Å². The second-order valence-corrected chi connectivity index (χ2v) is 6.91. The van der Waals surface area contributed by atoms with Crippen LogP contribution in [0.2, 0.25) is 5.02 Å². The predicted molar refractivity (Wildman–Crippen MR) is 101 cm³/mol. The molecule has 2 aromatic rings. The van der Waals surface area contributed by atoms with Crippen LogP contribution >= 0.6 is 11.6 Å². The molecule has 2 amide bonds. The fourth-order valence-corrected chi connectivity index (χ4v) is 3.27. The van der Waals surface area contributed by atoms with Crippen molar-refractivity contribution in [2.75, 3.05) is 19.6 Å². The normalized spacial score (nSPS) is 14.9. The van der Waals surface area contributed by atoms with Crippen LogP contribution in [-0.4, -0.2) is 41.3 Å². The molecule has 1 aliphatic rings. The van der Waals surface area contributed by atoms with Gasteiger partial charge in [-0.05, 0) is 49.1 Å². The average Bonchev–Trinajstić information content (AvgIpc) is 2.69. The van der Waals surface area contributed by atoms with Gasteiger partial charge in [-0.25, -0.2) is 0 Å². The SMILES string of the molecule is O=C(NCCc1ccc(Cl)cc1)C1CCN(C(=O)c2cccnc2)CC1. The van der Waals surface area contributed by atoms with Crippen molar-refractivity contribution in [3.8, 4) is 0 Å². The number of pyridine rings is 1. The summed E-state index contributed by atoms with van der Waals surface area (Å²) in [6, 6.07) is 11.2. The number of nitrogens with zero attached hydrogens (tertiary/aromatic N) is 2. The van der Waals surface area contributed by atoms with Gasteiger partial charge in [-0.15, -0.1) is 0 Å². The van der Waals surface area contributed by atoms with E-state index in [1.807, 2.05) is 24.3 Å². The van der Waals surface area contributed by atoms with Gasteiger partial charge in [-0.1, -0.05) is 23.7 Å². The average molecular weight is 372 g/mol. The van der Waals surface area contributed by atoms with Gasteiger partial charge in [-0.3, -0.25) is 14.6 Å². The lowest BCUT2D eigenvalue weighted by molar-refractivity contribution is -0.126. The summed E-state index contributed by atoms with van der Waals surface area (Å²) in [6.07, 6.45) is 5.40. The molecule has 136 valence electrons. The number of carbonyl (C=O) groups excluding carboxylic acids is 2. The maximum absolute atomic E-state index is 12.4. The van der Waals surface area contributed by atoms with Gasteiger partial charge < -0.3 is 10.2 Å². The highest BCUT2D eigenvalue weighted by Crippen LogP contribution is 2.19. The van der Waals surface area contributed by atoms with Crippen LogP contribution in [-0.2, 0) is 11.2 Å². The second kappa shape index (κ2) is 8.81. The Bertz CT molecular complexity index is 741. The number of benzene rings is 1. The maximum atomic E-state index is 12.4. The van der Waals surface area contributed by atoms with Gasteiger partial charge in [0.25, 0.3) is 5.91 Å². The Morgan fingerprint density at radius 2 is 1.88 bits per heavy atom. The first-order valence-corrected chi connectivity index (χ1v) is 9.23. The number of amides is 2. The predicted octanol–water partition coefficient (Wildman–Crippen LogP) is 2.95. The van der Waals surface area contributed by atoms with E-state index in [1.54, 1.807) is 29.4 Å². The Balaban J connectivity index is 1.42. The molecule has 6 heteroatoms. The number of aromatic nitrogens is 1. The van der Waals surface area contributed by atoms with Crippen molar-refractivity contribution >= 4 is 23.4 Å². The zero-order valence-corrected chi connectivity index (χ0v) is 15.3. The van der Waals surface area contributed by atoms with E-state index in [-0.39, 0.29) is 17.7 Å². The van der Waals surface area contributed by atoms with Gasteiger partial charge in [0.1, 0.15) is 0 Å². The summed E-state index contributed by atoms with van der Waals surface area (Å²) in [6.45, 7) is 1.81. The largest absolute Gasteiger partial charge is 0.356 e. The molecule has 1 N–H and O–H groups in total. The summed E-state index contributed by atoms with van der Waals surface area (Å²) in [5, 5.41) is 3.72. The molecule has 1 aromatic heterocycles. The molecule has 3 rings (SSSR count). The van der Waals surface area contributed by atoms with Crippen LogP contribution < -0.4 is 5.32 Å². The first kappa shape index (κ1) is 18.4. The van der Waals surface area contributed by atoms with E-state index in [1.165, 1.54) is 0 Å². The van der Waals surface area contributed by atoms with Crippen LogP contribution in [0.1, 0.15) is 28.8 Å². The van der Waals surface area contributed by atoms with Gasteiger partial charge in [0.15, 0.2) is 0 Å². The molecule has 26 heavy (non-hydrogen) atoms. The van der Waals surface area contributed by atoms with Gasteiger partial charge in [0, 0.05) is 43.0 Å². The lowest BCUT2D eigenvalue weighted by Crippen LogP contribution is -2.43. The highest BCUT2D eigenvalue weighted by atomic mass is 35.5. The first-order valence-electron chi connectivity index (χ1n) is 8.85. The Hall–Kier alpha value is -2.40. The minimum absolute atomic E-state index is 0.0142. The van der Waals surface area contributed by atoms with E-state index in [4.69, 9.17) is 11.6 Å². The van der Waals surface area contributed by atoms with Crippen molar-refractivity contribution in [3.05, 3.63) is 64.9 Å². The van der Waals surface area contributed by atoms with Gasteiger partial charge in [0.2, 0.25) is 5.91 Å². The van der Waals surface area contributed by atoms with Crippen molar-refractivity contribution in [2.45, 2.75) is 19.3 Å². The molecule has 1 saturated heterocycles. The fourth-order valence-electron chi connectivity index (χ4n) is 3.14. The van der Waals surface area contributed by atoms with Gasteiger partial charge >= 0.3 is 0 Å². The van der Waals surface area contributed by atoms with Crippen molar-refractivity contribution in [1.29, 1.82) is 0 Å². The van der Waals surface area contributed by atoms with Gasteiger partial charge in [-0.2, -0.15) is 0 Å². The fraction of sp³-hybridized carbons (Fsp3) is 0.350. The van der Waals surface area contributed by atoms with E-state index in [9.17, 15) is 9.59 Å². The van der Waals surface area contributed by atoms with Crippen LogP contribution in [0.3, 0.4) is 0 Å². The van der Waals surface area contributed by atoms with Gasteiger partial charge in [0.05, 0.1) is 5.56 Å². The summed E-state index contributed by atoms with van der Waals surface area (Å²) in [5.74, 6) is 0.0327. The molecule has 0 radical (unpaired) electrons. The molecule has 1 aliphatic heterocycles. The zero-order valence-electron chi connectivity index (χ0n) is 14.5.